The second-order valence-corrected chi connectivity index (χ2v) is 2.29. The minimum Gasteiger partial charge on any atom is -0.400 e. The van der Waals surface area contributed by atoms with Crippen molar-refractivity contribution in [1.29, 1.82) is 0 Å². The van der Waals surface area contributed by atoms with Crippen molar-refractivity contribution < 1.29 is 9.84 Å². The second kappa shape index (κ2) is 22.5. The van der Waals surface area contributed by atoms with E-state index in [0.717, 1.165) is 26.2 Å². The standard InChI is InChI=1S/C6H12O.C2H6.C2H2.CH4O/c1-6-2-4-7-5-3-6;3*1-2/h6H,2-5H2,1H3;1-2H3;1-2H;2H,1H3. The third-order valence-corrected chi connectivity index (χ3v) is 1.51. The van der Waals surface area contributed by atoms with Gasteiger partial charge in [-0.1, -0.05) is 20.8 Å². The fourth-order valence-corrected chi connectivity index (χ4v) is 0.815. The minimum absolute atomic E-state index is 0.911. The van der Waals surface area contributed by atoms with Crippen LogP contribution in [0.3, 0.4) is 0 Å². The van der Waals surface area contributed by atoms with Gasteiger partial charge in [-0.05, 0) is 18.8 Å². The Balaban J connectivity index is -0.000000144. The normalized spacial score (nSPS) is 14.7. The number of rotatable bonds is 0. The Bertz CT molecular complexity index is 73.4. The number of aliphatic hydroxyl groups is 1. The van der Waals surface area contributed by atoms with Gasteiger partial charge in [-0.15, -0.1) is 12.8 Å². The molecule has 2 heteroatoms. The predicted molar refractivity (Wildman–Crippen MR) is 58.6 cm³/mol. The molecule has 1 saturated heterocycles. The molecule has 0 bridgehead atoms. The number of hydrogen-bond acceptors (Lipinski definition) is 2. The van der Waals surface area contributed by atoms with Crippen LogP contribution in [0.5, 0.6) is 0 Å². The molecule has 1 fully saturated rings. The molecular weight excluding hydrogens is 164 g/mol. The van der Waals surface area contributed by atoms with Crippen molar-refractivity contribution >= 4 is 0 Å². The maximum atomic E-state index is 7.00. The zero-order chi connectivity index (χ0) is 11.1. The highest BCUT2D eigenvalue weighted by Gasteiger charge is 2.06. The molecule has 1 aliphatic heterocycles. The lowest BCUT2D eigenvalue weighted by molar-refractivity contribution is 0.0716. The number of aliphatic hydroxyl groups excluding tert-OH is 1. The van der Waals surface area contributed by atoms with Crippen LogP contribution >= 0.6 is 0 Å². The molecule has 0 aromatic heterocycles. The molecule has 0 radical (unpaired) electrons. The van der Waals surface area contributed by atoms with E-state index in [1.807, 2.05) is 13.8 Å². The third-order valence-electron chi connectivity index (χ3n) is 1.51. The first-order chi connectivity index (χ1) is 6.39. The van der Waals surface area contributed by atoms with E-state index in [1.165, 1.54) is 12.8 Å². The number of ether oxygens (including phenoxy) is 1. The largest absolute Gasteiger partial charge is 0.400 e. The van der Waals surface area contributed by atoms with E-state index in [9.17, 15) is 0 Å². The van der Waals surface area contributed by atoms with Crippen molar-refractivity contribution in [2.45, 2.75) is 33.6 Å². The van der Waals surface area contributed by atoms with E-state index in [0.29, 0.717) is 0 Å². The van der Waals surface area contributed by atoms with Gasteiger partial charge in [0.25, 0.3) is 0 Å². The Morgan fingerprint density at radius 1 is 1.08 bits per heavy atom. The predicted octanol–water partition coefficient (Wildman–Crippen LogP) is 2.32. The van der Waals surface area contributed by atoms with Crippen molar-refractivity contribution in [3.63, 3.8) is 0 Å². The van der Waals surface area contributed by atoms with Gasteiger partial charge >= 0.3 is 0 Å². The van der Waals surface area contributed by atoms with Gasteiger partial charge in [0.05, 0.1) is 0 Å². The molecule has 0 aliphatic carbocycles. The smallest absolute Gasteiger partial charge is 0.0468 e. The van der Waals surface area contributed by atoms with Gasteiger partial charge in [-0.25, -0.2) is 0 Å². The van der Waals surface area contributed by atoms with Gasteiger partial charge in [-0.3, -0.25) is 0 Å². The molecule has 2 nitrogen and oxygen atoms in total. The molecule has 0 aromatic rings. The highest BCUT2D eigenvalue weighted by atomic mass is 16.5. The number of terminal acetylenes is 1. The van der Waals surface area contributed by atoms with Crippen LogP contribution in [0.15, 0.2) is 0 Å². The molecule has 0 atom stereocenters. The van der Waals surface area contributed by atoms with Crippen LogP contribution in [0.25, 0.3) is 0 Å². The fourth-order valence-electron chi connectivity index (χ4n) is 0.815. The first-order valence-corrected chi connectivity index (χ1v) is 4.75. The summed E-state index contributed by atoms with van der Waals surface area (Å²) in [5.41, 5.74) is 0. The molecule has 1 heterocycles. The second-order valence-electron chi connectivity index (χ2n) is 2.29. The Labute approximate surface area is 83.3 Å². The van der Waals surface area contributed by atoms with Gasteiger partial charge in [0.15, 0.2) is 0 Å². The molecule has 0 unspecified atom stereocenters. The van der Waals surface area contributed by atoms with Gasteiger partial charge in [0, 0.05) is 20.3 Å². The average molecular weight is 188 g/mol. The molecule has 0 aromatic carbocycles. The zero-order valence-electron chi connectivity index (χ0n) is 9.42. The molecule has 13 heavy (non-hydrogen) atoms. The van der Waals surface area contributed by atoms with Gasteiger partial charge in [0.2, 0.25) is 0 Å². The van der Waals surface area contributed by atoms with E-state index in [1.54, 1.807) is 0 Å². The summed E-state index contributed by atoms with van der Waals surface area (Å²) >= 11 is 0. The lowest BCUT2D eigenvalue weighted by Crippen LogP contribution is -2.12. The van der Waals surface area contributed by atoms with Crippen molar-refractivity contribution in [2.75, 3.05) is 20.3 Å². The van der Waals surface area contributed by atoms with Gasteiger partial charge in [0.1, 0.15) is 0 Å². The summed E-state index contributed by atoms with van der Waals surface area (Å²) in [4.78, 5) is 0. The maximum Gasteiger partial charge on any atom is 0.0468 e. The van der Waals surface area contributed by atoms with Crippen LogP contribution in [-0.4, -0.2) is 25.4 Å². The first kappa shape index (κ1) is 18.3. The molecular formula is C11H24O2. The van der Waals surface area contributed by atoms with Crippen molar-refractivity contribution in [3.8, 4) is 12.8 Å². The Morgan fingerprint density at radius 2 is 1.38 bits per heavy atom. The lowest BCUT2D eigenvalue weighted by atomic mass is 10.0. The highest BCUT2D eigenvalue weighted by molar-refractivity contribution is 4.55. The summed E-state index contributed by atoms with van der Waals surface area (Å²) in [7, 11) is 1.00. The summed E-state index contributed by atoms with van der Waals surface area (Å²) in [5.74, 6) is 0.911. The first-order valence-electron chi connectivity index (χ1n) is 4.75. The van der Waals surface area contributed by atoms with Gasteiger partial charge in [-0.2, -0.15) is 0 Å². The van der Waals surface area contributed by atoms with Crippen LogP contribution in [-0.2, 0) is 4.74 Å². The summed E-state index contributed by atoms with van der Waals surface area (Å²) in [6, 6.07) is 0. The highest BCUT2D eigenvalue weighted by Crippen LogP contribution is 2.11. The summed E-state index contributed by atoms with van der Waals surface area (Å²) in [5, 5.41) is 7.00. The number of hydrogen-bond donors (Lipinski definition) is 1. The molecule has 1 N–H and O–H groups in total. The van der Waals surface area contributed by atoms with E-state index in [-0.39, 0.29) is 0 Å². The summed E-state index contributed by atoms with van der Waals surface area (Å²) in [6.07, 6.45) is 10.5. The minimum atomic E-state index is 0.911. The SMILES string of the molecule is C#C.CC.CC1CCOCC1.CO. The molecule has 1 aliphatic rings. The lowest BCUT2D eigenvalue weighted by Gasteiger charge is -2.16. The van der Waals surface area contributed by atoms with E-state index in [2.05, 4.69) is 19.8 Å². The summed E-state index contributed by atoms with van der Waals surface area (Å²) in [6.45, 7) is 8.25. The monoisotopic (exact) mass is 188 g/mol. The quantitative estimate of drug-likeness (QED) is 0.591. The summed E-state index contributed by atoms with van der Waals surface area (Å²) < 4.78 is 5.14. The zero-order valence-corrected chi connectivity index (χ0v) is 9.42. The molecule has 0 spiro atoms. The van der Waals surface area contributed by atoms with Crippen LogP contribution < -0.4 is 0 Å². The Morgan fingerprint density at radius 3 is 1.54 bits per heavy atom. The topological polar surface area (TPSA) is 29.5 Å². The molecule has 0 amide bonds. The Kier molecular flexibility index (Phi) is 31.7. The van der Waals surface area contributed by atoms with Crippen LogP contribution in [0.4, 0.5) is 0 Å². The van der Waals surface area contributed by atoms with E-state index < -0.39 is 0 Å². The van der Waals surface area contributed by atoms with Crippen LogP contribution in [0.2, 0.25) is 0 Å². The van der Waals surface area contributed by atoms with Crippen molar-refractivity contribution in [1.82, 2.24) is 0 Å². The van der Waals surface area contributed by atoms with E-state index in [4.69, 9.17) is 9.84 Å². The molecule has 80 valence electrons. The average Bonchev–Trinajstić information content (AvgIpc) is 2.28. The van der Waals surface area contributed by atoms with Gasteiger partial charge < -0.3 is 9.84 Å². The van der Waals surface area contributed by atoms with Crippen LogP contribution in [0.1, 0.15) is 33.6 Å². The molecule has 0 saturated carbocycles. The third kappa shape index (κ3) is 18.4. The maximum absolute atomic E-state index is 7.00. The molecule has 1 rings (SSSR count). The van der Waals surface area contributed by atoms with Crippen molar-refractivity contribution in [3.05, 3.63) is 0 Å². The van der Waals surface area contributed by atoms with Crippen molar-refractivity contribution in [2.24, 2.45) is 5.92 Å². The van der Waals surface area contributed by atoms with Crippen LogP contribution in [0, 0.1) is 18.8 Å². The van der Waals surface area contributed by atoms with E-state index >= 15 is 0 Å². The fraction of sp³-hybridized carbons (Fsp3) is 0.818. The Hall–Kier alpha value is -0.520.